The van der Waals surface area contributed by atoms with Gasteiger partial charge >= 0.3 is 0 Å². The van der Waals surface area contributed by atoms with E-state index in [1.807, 2.05) is 0 Å². The van der Waals surface area contributed by atoms with E-state index in [2.05, 4.69) is 10.6 Å². The number of carbonyl (C=O) groups is 1. The highest BCUT2D eigenvalue weighted by atomic mass is 16.1. The van der Waals surface area contributed by atoms with Crippen LogP contribution >= 0.6 is 0 Å². The maximum absolute atomic E-state index is 12.3. The second-order valence-corrected chi connectivity index (χ2v) is 7.81. The van der Waals surface area contributed by atoms with Crippen molar-refractivity contribution in [3.63, 3.8) is 0 Å². The standard InChI is InChI=1S/C16H26N2O/c19-15(6-11-1-2-17-10-11)18-16-7-12-3-13(8-16)5-14(4-12)9-16/h11-14,17H,1-10H2,(H,18,19). The van der Waals surface area contributed by atoms with Crippen LogP contribution in [0.25, 0.3) is 0 Å². The zero-order chi connectivity index (χ0) is 12.9. The highest BCUT2D eigenvalue weighted by Crippen LogP contribution is 2.55. The van der Waals surface area contributed by atoms with E-state index in [9.17, 15) is 4.79 Å². The van der Waals surface area contributed by atoms with Gasteiger partial charge in [0.15, 0.2) is 0 Å². The van der Waals surface area contributed by atoms with E-state index in [1.165, 1.54) is 44.9 Å². The summed E-state index contributed by atoms with van der Waals surface area (Å²) in [5.74, 6) is 3.66. The topological polar surface area (TPSA) is 41.1 Å². The van der Waals surface area contributed by atoms with Crippen LogP contribution in [0.5, 0.6) is 0 Å². The van der Waals surface area contributed by atoms with Crippen molar-refractivity contribution in [3.8, 4) is 0 Å². The molecule has 0 aromatic heterocycles. The van der Waals surface area contributed by atoms with Gasteiger partial charge in [0.2, 0.25) is 5.91 Å². The molecule has 0 aromatic carbocycles. The Labute approximate surface area is 115 Å². The lowest BCUT2D eigenvalue weighted by Crippen LogP contribution is -2.60. The third kappa shape index (κ3) is 2.31. The van der Waals surface area contributed by atoms with Crippen molar-refractivity contribution in [3.05, 3.63) is 0 Å². The first-order valence-electron chi connectivity index (χ1n) is 8.22. The molecule has 5 aliphatic rings. The first-order chi connectivity index (χ1) is 9.21. The Balaban J connectivity index is 1.40. The van der Waals surface area contributed by atoms with E-state index >= 15 is 0 Å². The van der Waals surface area contributed by atoms with Crippen LogP contribution in [0.4, 0.5) is 0 Å². The summed E-state index contributed by atoms with van der Waals surface area (Å²) in [5.41, 5.74) is 0.206. The van der Waals surface area contributed by atoms with Gasteiger partial charge in [0.1, 0.15) is 0 Å². The first kappa shape index (κ1) is 12.2. The molecule has 0 aromatic rings. The largest absolute Gasteiger partial charge is 0.351 e. The zero-order valence-electron chi connectivity index (χ0n) is 11.8. The molecule has 19 heavy (non-hydrogen) atoms. The lowest BCUT2D eigenvalue weighted by Gasteiger charge is -2.57. The first-order valence-corrected chi connectivity index (χ1v) is 8.22. The normalized spacial score (nSPS) is 47.6. The van der Waals surface area contributed by atoms with Crippen LogP contribution in [0, 0.1) is 23.7 Å². The molecular formula is C16H26N2O. The molecule has 0 radical (unpaired) electrons. The van der Waals surface area contributed by atoms with E-state index in [0.717, 1.165) is 37.3 Å². The zero-order valence-corrected chi connectivity index (χ0v) is 11.8. The second-order valence-electron chi connectivity index (χ2n) is 7.81. The fraction of sp³-hybridized carbons (Fsp3) is 0.938. The quantitative estimate of drug-likeness (QED) is 0.817. The summed E-state index contributed by atoms with van der Waals surface area (Å²) in [6.07, 6.45) is 10.1. The minimum Gasteiger partial charge on any atom is -0.351 e. The number of hydrogen-bond donors (Lipinski definition) is 2. The molecule has 4 bridgehead atoms. The lowest BCUT2D eigenvalue weighted by molar-refractivity contribution is -0.127. The van der Waals surface area contributed by atoms with Gasteiger partial charge in [-0.2, -0.15) is 0 Å². The van der Waals surface area contributed by atoms with Gasteiger partial charge < -0.3 is 10.6 Å². The number of nitrogens with one attached hydrogen (secondary N) is 2. The molecule has 1 saturated heterocycles. The van der Waals surface area contributed by atoms with Crippen LogP contribution in [-0.4, -0.2) is 24.5 Å². The molecule has 5 fully saturated rings. The molecule has 1 unspecified atom stereocenters. The molecule has 1 heterocycles. The van der Waals surface area contributed by atoms with Gasteiger partial charge in [-0.3, -0.25) is 4.79 Å². The molecule has 2 N–H and O–H groups in total. The average molecular weight is 262 g/mol. The molecule has 3 nitrogen and oxygen atoms in total. The molecule has 1 amide bonds. The molecule has 106 valence electrons. The van der Waals surface area contributed by atoms with Gasteiger partial charge in [0.25, 0.3) is 0 Å². The lowest BCUT2D eigenvalue weighted by atomic mass is 9.53. The van der Waals surface area contributed by atoms with Gasteiger partial charge in [-0.15, -0.1) is 0 Å². The average Bonchev–Trinajstić information content (AvgIpc) is 2.78. The van der Waals surface area contributed by atoms with Crippen molar-refractivity contribution < 1.29 is 4.79 Å². The summed E-state index contributed by atoms with van der Waals surface area (Å²) in [6.45, 7) is 2.13. The van der Waals surface area contributed by atoms with Crippen molar-refractivity contribution in [1.29, 1.82) is 0 Å². The number of hydrogen-bond acceptors (Lipinski definition) is 2. The maximum Gasteiger partial charge on any atom is 0.220 e. The van der Waals surface area contributed by atoms with Crippen molar-refractivity contribution in [2.75, 3.05) is 13.1 Å². The Morgan fingerprint density at radius 2 is 1.74 bits per heavy atom. The predicted octanol–water partition coefficient (Wildman–Crippen LogP) is 2.07. The summed E-state index contributed by atoms with van der Waals surface area (Å²) in [7, 11) is 0. The van der Waals surface area contributed by atoms with Gasteiger partial charge in [0.05, 0.1) is 0 Å². The molecule has 3 heteroatoms. The van der Waals surface area contributed by atoms with Gasteiger partial charge in [-0.1, -0.05) is 0 Å². The summed E-state index contributed by atoms with van der Waals surface area (Å²) >= 11 is 0. The summed E-state index contributed by atoms with van der Waals surface area (Å²) < 4.78 is 0. The number of carbonyl (C=O) groups excluding carboxylic acids is 1. The highest BCUT2D eigenvalue weighted by molar-refractivity contribution is 5.77. The van der Waals surface area contributed by atoms with Crippen LogP contribution in [0.3, 0.4) is 0 Å². The molecule has 0 spiro atoms. The molecule has 4 aliphatic carbocycles. The number of rotatable bonds is 3. The minimum absolute atomic E-state index is 0.206. The van der Waals surface area contributed by atoms with Crippen molar-refractivity contribution >= 4 is 5.91 Å². The van der Waals surface area contributed by atoms with Crippen molar-refractivity contribution in [2.24, 2.45) is 23.7 Å². The van der Waals surface area contributed by atoms with Gasteiger partial charge in [-0.05, 0) is 81.7 Å². The van der Waals surface area contributed by atoms with Crippen LogP contribution in [0.2, 0.25) is 0 Å². The Morgan fingerprint density at radius 3 is 2.26 bits per heavy atom. The minimum atomic E-state index is 0.206. The Bertz CT molecular complexity index is 338. The smallest absolute Gasteiger partial charge is 0.220 e. The second kappa shape index (κ2) is 4.47. The number of amides is 1. The fourth-order valence-corrected chi connectivity index (χ4v) is 5.76. The third-order valence-electron chi connectivity index (χ3n) is 6.08. The Morgan fingerprint density at radius 1 is 1.11 bits per heavy atom. The maximum atomic E-state index is 12.3. The SMILES string of the molecule is O=C(CC1CCNC1)NC12CC3CC(CC(C3)C1)C2. The van der Waals surface area contributed by atoms with Crippen molar-refractivity contribution in [2.45, 2.75) is 56.9 Å². The fourth-order valence-electron chi connectivity index (χ4n) is 5.76. The van der Waals surface area contributed by atoms with E-state index in [1.54, 1.807) is 0 Å². The van der Waals surface area contributed by atoms with E-state index in [-0.39, 0.29) is 5.54 Å². The van der Waals surface area contributed by atoms with Crippen LogP contribution in [-0.2, 0) is 4.79 Å². The Hall–Kier alpha value is -0.570. The summed E-state index contributed by atoms with van der Waals surface area (Å²) in [4.78, 5) is 12.3. The van der Waals surface area contributed by atoms with Crippen LogP contribution < -0.4 is 10.6 Å². The molecule has 4 saturated carbocycles. The monoisotopic (exact) mass is 262 g/mol. The van der Waals surface area contributed by atoms with Crippen LogP contribution in [0.15, 0.2) is 0 Å². The molecular weight excluding hydrogens is 236 g/mol. The Kier molecular flexibility index (Phi) is 2.87. The molecule has 1 atom stereocenters. The van der Waals surface area contributed by atoms with Gasteiger partial charge in [0, 0.05) is 12.0 Å². The summed E-state index contributed by atoms with van der Waals surface area (Å²) in [6, 6.07) is 0. The molecule has 5 rings (SSSR count). The molecule has 1 aliphatic heterocycles. The van der Waals surface area contributed by atoms with Gasteiger partial charge in [-0.25, -0.2) is 0 Å². The van der Waals surface area contributed by atoms with Crippen molar-refractivity contribution in [1.82, 2.24) is 10.6 Å². The predicted molar refractivity (Wildman–Crippen MR) is 74.6 cm³/mol. The van der Waals surface area contributed by atoms with E-state index in [0.29, 0.717) is 11.8 Å². The summed E-state index contributed by atoms with van der Waals surface area (Å²) in [5, 5.41) is 6.84. The van der Waals surface area contributed by atoms with E-state index < -0.39 is 0 Å². The van der Waals surface area contributed by atoms with E-state index in [4.69, 9.17) is 0 Å². The highest BCUT2D eigenvalue weighted by Gasteiger charge is 2.51. The van der Waals surface area contributed by atoms with Crippen LogP contribution in [0.1, 0.15) is 51.4 Å². The third-order valence-corrected chi connectivity index (χ3v) is 6.08.